The zero-order valence-electron chi connectivity index (χ0n) is 12.8. The first kappa shape index (κ1) is 16.2. The average molecular weight is 344 g/mol. The van der Waals surface area contributed by atoms with E-state index in [2.05, 4.69) is 6.58 Å². The van der Waals surface area contributed by atoms with Crippen LogP contribution in [0.2, 0.25) is 0 Å². The largest absolute Gasteiger partial charge is 0.288 e. The highest BCUT2D eigenvalue weighted by atomic mass is 32.2. The summed E-state index contributed by atoms with van der Waals surface area (Å²) < 4.78 is 26.9. The molecule has 0 saturated carbocycles. The van der Waals surface area contributed by atoms with Crippen molar-refractivity contribution in [3.63, 3.8) is 0 Å². The highest BCUT2D eigenvalue weighted by Crippen LogP contribution is 2.34. The molecule has 1 heterocycles. The maximum absolute atomic E-state index is 12.8. The van der Waals surface area contributed by atoms with Crippen molar-refractivity contribution in [3.8, 4) is 0 Å². The Balaban J connectivity index is 1.97. The fraction of sp³-hybridized carbons (Fsp3) is 0.118. The lowest BCUT2D eigenvalue weighted by molar-refractivity contribution is -0.123. The summed E-state index contributed by atoms with van der Waals surface area (Å²) in [7, 11) is -3.61. The number of nitrogens with zero attached hydrogens (tertiary/aromatic N) is 1. The number of benzene rings is 2. The fourth-order valence-corrected chi connectivity index (χ4v) is 4.25. The molecule has 0 aromatic heterocycles. The van der Waals surface area contributed by atoms with Crippen molar-refractivity contribution in [3.05, 3.63) is 66.2 Å². The summed E-state index contributed by atoms with van der Waals surface area (Å²) in [5, 5.41) is 8.69. The van der Waals surface area contributed by atoms with E-state index in [9.17, 15) is 13.2 Å². The molecule has 0 saturated heterocycles. The van der Waals surface area contributed by atoms with Crippen LogP contribution in [-0.4, -0.2) is 26.1 Å². The van der Waals surface area contributed by atoms with E-state index in [1.807, 2.05) is 0 Å². The summed E-state index contributed by atoms with van der Waals surface area (Å²) in [4.78, 5) is 11.7. The number of sulfonamides is 1. The highest BCUT2D eigenvalue weighted by molar-refractivity contribution is 7.92. The highest BCUT2D eigenvalue weighted by Gasteiger charge is 2.31. The molecule has 1 aliphatic rings. The van der Waals surface area contributed by atoms with Crippen molar-refractivity contribution in [2.45, 2.75) is 11.3 Å². The Hall–Kier alpha value is -2.64. The second-order valence-electron chi connectivity index (χ2n) is 5.40. The Bertz CT molecular complexity index is 907. The first-order chi connectivity index (χ1) is 11.4. The Morgan fingerprint density at radius 1 is 1.17 bits per heavy atom. The number of carbonyl (C=O) groups is 1. The van der Waals surface area contributed by atoms with Crippen LogP contribution < -0.4 is 9.79 Å². The summed E-state index contributed by atoms with van der Waals surface area (Å²) in [5.41, 5.74) is 3.61. The van der Waals surface area contributed by atoms with E-state index in [0.29, 0.717) is 24.2 Å². The van der Waals surface area contributed by atoms with E-state index >= 15 is 0 Å². The first-order valence-electron chi connectivity index (χ1n) is 7.29. The van der Waals surface area contributed by atoms with E-state index in [1.54, 1.807) is 54.0 Å². The SMILES string of the molecule is C=C(C(=O)NO)c1ccc2c(c1)CCN2S(=O)(=O)c1ccccc1. The van der Waals surface area contributed by atoms with E-state index in [1.165, 1.54) is 4.31 Å². The van der Waals surface area contributed by atoms with Crippen LogP contribution in [-0.2, 0) is 21.2 Å². The van der Waals surface area contributed by atoms with Gasteiger partial charge in [0, 0.05) is 12.1 Å². The van der Waals surface area contributed by atoms with Gasteiger partial charge in [-0.1, -0.05) is 30.8 Å². The molecule has 0 fully saturated rings. The van der Waals surface area contributed by atoms with Crippen molar-refractivity contribution >= 4 is 27.2 Å². The van der Waals surface area contributed by atoms with Gasteiger partial charge in [-0.2, -0.15) is 0 Å². The maximum atomic E-state index is 12.8. The van der Waals surface area contributed by atoms with Gasteiger partial charge in [0.05, 0.1) is 10.6 Å². The molecule has 24 heavy (non-hydrogen) atoms. The number of hydrogen-bond acceptors (Lipinski definition) is 4. The summed E-state index contributed by atoms with van der Waals surface area (Å²) in [6.45, 7) is 3.97. The molecule has 0 aliphatic carbocycles. The van der Waals surface area contributed by atoms with Gasteiger partial charge in [-0.3, -0.25) is 14.3 Å². The van der Waals surface area contributed by atoms with Crippen molar-refractivity contribution in [2.24, 2.45) is 0 Å². The van der Waals surface area contributed by atoms with Gasteiger partial charge >= 0.3 is 0 Å². The molecule has 1 amide bonds. The van der Waals surface area contributed by atoms with Crippen LogP contribution in [0.1, 0.15) is 11.1 Å². The first-order valence-corrected chi connectivity index (χ1v) is 8.73. The molecule has 6 nitrogen and oxygen atoms in total. The maximum Gasteiger partial charge on any atom is 0.274 e. The third-order valence-electron chi connectivity index (χ3n) is 3.99. The second kappa shape index (κ2) is 6.10. The third kappa shape index (κ3) is 2.68. The Morgan fingerprint density at radius 2 is 1.88 bits per heavy atom. The summed E-state index contributed by atoms with van der Waals surface area (Å²) >= 11 is 0. The average Bonchev–Trinajstić information content (AvgIpc) is 3.05. The topological polar surface area (TPSA) is 86.7 Å². The van der Waals surface area contributed by atoms with Crippen LogP contribution in [0.4, 0.5) is 5.69 Å². The van der Waals surface area contributed by atoms with E-state index < -0.39 is 15.9 Å². The standard InChI is InChI=1S/C17H16N2O4S/c1-12(17(20)18-21)13-7-8-16-14(11-13)9-10-19(16)24(22,23)15-5-3-2-4-6-15/h2-8,11,21H,1,9-10H2,(H,18,20). The number of carbonyl (C=O) groups excluding carboxylic acids is 1. The van der Waals surface area contributed by atoms with Gasteiger partial charge in [0.2, 0.25) is 0 Å². The molecule has 2 aromatic carbocycles. The minimum Gasteiger partial charge on any atom is -0.288 e. The molecule has 1 aliphatic heterocycles. The summed E-state index contributed by atoms with van der Waals surface area (Å²) in [6.07, 6.45) is 0.545. The molecule has 3 rings (SSSR count). The molecule has 0 bridgehead atoms. The van der Waals surface area contributed by atoms with Gasteiger partial charge in [-0.25, -0.2) is 13.9 Å². The summed E-state index contributed by atoms with van der Waals surface area (Å²) in [5.74, 6) is -0.693. The molecule has 0 atom stereocenters. The number of hydrogen-bond donors (Lipinski definition) is 2. The number of amides is 1. The lowest BCUT2D eigenvalue weighted by atomic mass is 10.0. The van der Waals surface area contributed by atoms with Crippen molar-refractivity contribution in [1.82, 2.24) is 5.48 Å². The van der Waals surface area contributed by atoms with Gasteiger partial charge in [0.25, 0.3) is 15.9 Å². The van der Waals surface area contributed by atoms with Gasteiger partial charge < -0.3 is 0 Å². The zero-order valence-corrected chi connectivity index (χ0v) is 13.6. The zero-order chi connectivity index (χ0) is 17.3. The van der Waals surface area contributed by atoms with Crippen molar-refractivity contribution in [1.29, 1.82) is 0 Å². The van der Waals surface area contributed by atoms with E-state index in [0.717, 1.165) is 5.56 Å². The lowest BCUT2D eigenvalue weighted by Crippen LogP contribution is -2.29. The monoisotopic (exact) mass is 344 g/mol. The Labute approximate surface area is 140 Å². The number of rotatable bonds is 4. The van der Waals surface area contributed by atoms with E-state index in [-0.39, 0.29) is 10.5 Å². The van der Waals surface area contributed by atoms with Gasteiger partial charge in [-0.05, 0) is 41.8 Å². The fourth-order valence-electron chi connectivity index (χ4n) is 2.73. The molecule has 0 unspecified atom stereocenters. The molecule has 124 valence electrons. The van der Waals surface area contributed by atoms with Crippen LogP contribution in [0.3, 0.4) is 0 Å². The van der Waals surface area contributed by atoms with Crippen LogP contribution in [0.15, 0.2) is 60.0 Å². The lowest BCUT2D eigenvalue weighted by Gasteiger charge is -2.19. The van der Waals surface area contributed by atoms with Crippen LogP contribution in [0.5, 0.6) is 0 Å². The van der Waals surface area contributed by atoms with Crippen LogP contribution in [0, 0.1) is 0 Å². The molecule has 0 spiro atoms. The number of anilines is 1. The quantitative estimate of drug-likeness (QED) is 0.504. The van der Waals surface area contributed by atoms with Crippen molar-refractivity contribution < 1.29 is 18.4 Å². The predicted octanol–water partition coefficient (Wildman–Crippen LogP) is 1.96. The van der Waals surface area contributed by atoms with Crippen LogP contribution in [0.25, 0.3) is 5.57 Å². The van der Waals surface area contributed by atoms with Crippen molar-refractivity contribution in [2.75, 3.05) is 10.8 Å². The third-order valence-corrected chi connectivity index (χ3v) is 5.82. The smallest absolute Gasteiger partial charge is 0.274 e. The van der Waals surface area contributed by atoms with Crippen LogP contribution >= 0.6 is 0 Å². The predicted molar refractivity (Wildman–Crippen MR) is 90.1 cm³/mol. The number of fused-ring (bicyclic) bond motifs is 1. The molecule has 0 radical (unpaired) electrons. The minimum absolute atomic E-state index is 0.115. The summed E-state index contributed by atoms with van der Waals surface area (Å²) in [6, 6.07) is 13.3. The second-order valence-corrected chi connectivity index (χ2v) is 7.27. The van der Waals surface area contributed by atoms with Gasteiger partial charge in [0.15, 0.2) is 0 Å². The minimum atomic E-state index is -3.61. The Morgan fingerprint density at radius 3 is 2.54 bits per heavy atom. The molecule has 2 aromatic rings. The Kier molecular flexibility index (Phi) is 4.13. The molecular weight excluding hydrogens is 328 g/mol. The number of nitrogens with one attached hydrogen (secondary N) is 1. The molecule has 2 N–H and O–H groups in total. The number of hydroxylamine groups is 1. The normalized spacial score (nSPS) is 13.5. The molecular formula is C17H16N2O4S. The van der Waals surface area contributed by atoms with Gasteiger partial charge in [0.1, 0.15) is 0 Å². The van der Waals surface area contributed by atoms with E-state index in [4.69, 9.17) is 5.21 Å². The van der Waals surface area contributed by atoms with Gasteiger partial charge in [-0.15, -0.1) is 0 Å². The molecule has 7 heteroatoms.